The average molecular weight is 410 g/mol. The molecule has 4 aromatic rings. The number of rotatable bonds is 5. The maximum absolute atomic E-state index is 14.3. The van der Waals surface area contributed by atoms with E-state index in [2.05, 4.69) is 15.3 Å². The highest BCUT2D eigenvalue weighted by molar-refractivity contribution is 5.97. The Kier molecular flexibility index (Phi) is 5.01. The summed E-state index contributed by atoms with van der Waals surface area (Å²) in [6.07, 6.45) is 1.46. The number of aromatic nitrogens is 3. The summed E-state index contributed by atoms with van der Waals surface area (Å²) in [6, 6.07) is 11.6. The Morgan fingerprint density at radius 2 is 1.97 bits per heavy atom. The Labute approximate surface area is 168 Å². The number of benzene rings is 2. The van der Waals surface area contributed by atoms with Crippen LogP contribution in [0.3, 0.4) is 0 Å². The Morgan fingerprint density at radius 1 is 1.17 bits per heavy atom. The average Bonchev–Trinajstić information content (AvgIpc) is 3.01. The molecule has 0 saturated carbocycles. The third kappa shape index (κ3) is 3.77. The summed E-state index contributed by atoms with van der Waals surface area (Å²) >= 11 is 0. The minimum absolute atomic E-state index is 0.0517. The van der Waals surface area contributed by atoms with Gasteiger partial charge in [-0.1, -0.05) is 18.2 Å². The zero-order valence-electron chi connectivity index (χ0n) is 15.8. The number of nitrogens with zero attached hydrogens (tertiary/aromatic N) is 2. The summed E-state index contributed by atoms with van der Waals surface area (Å²) in [5.41, 5.74) is 0.787. The van der Waals surface area contributed by atoms with Crippen molar-refractivity contribution < 1.29 is 18.3 Å². The minimum atomic E-state index is -0.735. The first-order chi connectivity index (χ1) is 14.4. The van der Waals surface area contributed by atoms with Gasteiger partial charge in [-0.15, -0.1) is 0 Å². The highest BCUT2D eigenvalue weighted by Crippen LogP contribution is 2.22. The van der Waals surface area contributed by atoms with Crippen LogP contribution in [0.15, 0.2) is 59.5 Å². The molecule has 152 valence electrons. The Bertz CT molecular complexity index is 1300. The van der Waals surface area contributed by atoms with E-state index in [9.17, 15) is 18.4 Å². The van der Waals surface area contributed by atoms with Crippen LogP contribution in [0.25, 0.3) is 11.0 Å². The number of amides is 1. The van der Waals surface area contributed by atoms with Gasteiger partial charge in [-0.25, -0.2) is 18.6 Å². The molecule has 2 N–H and O–H groups in total. The van der Waals surface area contributed by atoms with Crippen molar-refractivity contribution in [2.45, 2.75) is 6.54 Å². The number of aryl methyl sites for hydroxylation is 1. The minimum Gasteiger partial charge on any atom is -0.436 e. The molecule has 0 aliphatic rings. The van der Waals surface area contributed by atoms with Gasteiger partial charge in [0.2, 0.25) is 5.88 Å². The summed E-state index contributed by atoms with van der Waals surface area (Å²) in [5, 5.41) is 2.60. The molecule has 2 aromatic carbocycles. The number of halogens is 2. The van der Waals surface area contributed by atoms with Gasteiger partial charge in [-0.05, 0) is 23.8 Å². The normalized spacial score (nSPS) is 10.9. The van der Waals surface area contributed by atoms with Crippen molar-refractivity contribution in [1.82, 2.24) is 19.9 Å². The number of pyridine rings is 1. The van der Waals surface area contributed by atoms with Crippen LogP contribution in [0.4, 0.5) is 8.78 Å². The smallest absolute Gasteiger partial charge is 0.326 e. The van der Waals surface area contributed by atoms with Crippen molar-refractivity contribution >= 4 is 16.9 Å². The number of H-pyrrole nitrogens is 1. The SMILES string of the molecule is Cn1c(=O)[nH]c2cc(C(=O)NCc3ccc(Oc4ccccc4F)nc3)c(F)cc21. The molecule has 30 heavy (non-hydrogen) atoms. The maximum atomic E-state index is 14.3. The fourth-order valence-electron chi connectivity index (χ4n) is 2.92. The molecule has 1 amide bonds. The summed E-state index contributed by atoms with van der Waals surface area (Å²) in [4.78, 5) is 30.7. The molecule has 0 spiro atoms. The van der Waals surface area contributed by atoms with E-state index in [1.807, 2.05) is 0 Å². The molecule has 0 aliphatic carbocycles. The Hall–Kier alpha value is -4.01. The molecule has 4 rings (SSSR count). The fraction of sp³-hybridized carbons (Fsp3) is 0.0952. The molecule has 0 fully saturated rings. The van der Waals surface area contributed by atoms with E-state index >= 15 is 0 Å². The van der Waals surface area contributed by atoms with E-state index in [-0.39, 0.29) is 23.7 Å². The lowest BCUT2D eigenvalue weighted by Crippen LogP contribution is -2.24. The Balaban J connectivity index is 1.44. The molecular weight excluding hydrogens is 394 g/mol. The highest BCUT2D eigenvalue weighted by Gasteiger charge is 2.15. The number of nitrogens with one attached hydrogen (secondary N) is 2. The predicted octanol–water partition coefficient (Wildman–Crippen LogP) is 3.26. The number of carbonyl (C=O) groups excluding carboxylic acids is 1. The van der Waals surface area contributed by atoms with Crippen molar-refractivity contribution in [3.05, 3.63) is 88.0 Å². The third-order valence-corrected chi connectivity index (χ3v) is 4.54. The topological polar surface area (TPSA) is 89.0 Å². The van der Waals surface area contributed by atoms with E-state index in [1.54, 1.807) is 18.2 Å². The van der Waals surface area contributed by atoms with Gasteiger partial charge in [-0.2, -0.15) is 0 Å². The molecule has 0 bridgehead atoms. The van der Waals surface area contributed by atoms with E-state index in [1.165, 1.54) is 42.1 Å². The number of fused-ring (bicyclic) bond motifs is 1. The highest BCUT2D eigenvalue weighted by atomic mass is 19.1. The van der Waals surface area contributed by atoms with Gasteiger partial charge < -0.3 is 15.0 Å². The van der Waals surface area contributed by atoms with Gasteiger partial charge >= 0.3 is 5.69 Å². The van der Waals surface area contributed by atoms with Crippen LogP contribution in [-0.2, 0) is 13.6 Å². The molecular formula is C21H16F2N4O3. The van der Waals surface area contributed by atoms with E-state index in [0.717, 1.165) is 6.07 Å². The summed E-state index contributed by atoms with van der Waals surface area (Å²) in [5.74, 6) is -1.63. The summed E-state index contributed by atoms with van der Waals surface area (Å²) in [6.45, 7) is 0.0919. The van der Waals surface area contributed by atoms with E-state index in [4.69, 9.17) is 4.74 Å². The van der Waals surface area contributed by atoms with Gasteiger partial charge in [0.15, 0.2) is 11.6 Å². The number of imidazole rings is 1. The molecule has 0 atom stereocenters. The van der Waals surface area contributed by atoms with Crippen LogP contribution < -0.4 is 15.7 Å². The number of para-hydroxylation sites is 1. The van der Waals surface area contributed by atoms with Crippen molar-refractivity contribution in [2.24, 2.45) is 7.05 Å². The summed E-state index contributed by atoms with van der Waals surface area (Å²) < 4.78 is 34.6. The Morgan fingerprint density at radius 3 is 2.70 bits per heavy atom. The van der Waals surface area contributed by atoms with Gasteiger partial charge in [0.1, 0.15) is 5.82 Å². The van der Waals surface area contributed by atoms with Gasteiger partial charge in [0.05, 0.1) is 16.6 Å². The van der Waals surface area contributed by atoms with Gasteiger partial charge in [0.25, 0.3) is 5.91 Å². The molecule has 2 aromatic heterocycles. The largest absolute Gasteiger partial charge is 0.436 e. The standard InChI is InChI=1S/C21H16F2N4O3/c1-27-17-9-15(23)13(8-16(17)26-21(27)29)20(28)25-11-12-6-7-19(24-10-12)30-18-5-3-2-4-14(18)22/h2-10H,11H2,1H3,(H,25,28)(H,26,29). The predicted molar refractivity (Wildman–Crippen MR) is 105 cm³/mol. The van der Waals surface area contributed by atoms with Crippen LogP contribution in [0, 0.1) is 11.6 Å². The van der Waals surface area contributed by atoms with Crippen LogP contribution in [0.5, 0.6) is 11.6 Å². The second-order valence-electron chi connectivity index (χ2n) is 6.56. The second kappa shape index (κ2) is 7.78. The first-order valence-electron chi connectivity index (χ1n) is 8.96. The van der Waals surface area contributed by atoms with Crippen molar-refractivity contribution in [1.29, 1.82) is 0 Å². The zero-order chi connectivity index (χ0) is 21.3. The molecule has 0 saturated heterocycles. The fourth-order valence-corrected chi connectivity index (χ4v) is 2.92. The lowest BCUT2D eigenvalue weighted by molar-refractivity contribution is 0.0947. The monoisotopic (exact) mass is 410 g/mol. The summed E-state index contributed by atoms with van der Waals surface area (Å²) in [7, 11) is 1.51. The first kappa shape index (κ1) is 19.3. The molecule has 0 aliphatic heterocycles. The van der Waals surface area contributed by atoms with Crippen molar-refractivity contribution in [2.75, 3.05) is 0 Å². The zero-order valence-corrected chi connectivity index (χ0v) is 15.8. The lowest BCUT2D eigenvalue weighted by atomic mass is 10.1. The molecule has 2 heterocycles. The molecule has 9 heteroatoms. The molecule has 7 nitrogen and oxygen atoms in total. The van der Waals surface area contributed by atoms with E-state index in [0.29, 0.717) is 16.6 Å². The van der Waals surface area contributed by atoms with Crippen molar-refractivity contribution in [3.8, 4) is 11.6 Å². The number of carbonyl (C=O) groups is 1. The number of hydrogen-bond donors (Lipinski definition) is 2. The van der Waals surface area contributed by atoms with Crippen LogP contribution in [-0.4, -0.2) is 20.4 Å². The van der Waals surface area contributed by atoms with Gasteiger partial charge in [0, 0.05) is 31.9 Å². The van der Waals surface area contributed by atoms with Crippen LogP contribution >= 0.6 is 0 Å². The lowest BCUT2D eigenvalue weighted by Gasteiger charge is -2.08. The molecule has 0 radical (unpaired) electrons. The quantitative estimate of drug-likeness (QED) is 0.529. The van der Waals surface area contributed by atoms with E-state index < -0.39 is 23.2 Å². The third-order valence-electron chi connectivity index (χ3n) is 4.54. The van der Waals surface area contributed by atoms with Gasteiger partial charge in [-0.3, -0.25) is 9.36 Å². The maximum Gasteiger partial charge on any atom is 0.326 e. The van der Waals surface area contributed by atoms with Crippen LogP contribution in [0.1, 0.15) is 15.9 Å². The molecule has 0 unspecified atom stereocenters. The second-order valence-corrected chi connectivity index (χ2v) is 6.56. The number of hydrogen-bond acceptors (Lipinski definition) is 4. The van der Waals surface area contributed by atoms with Crippen LogP contribution in [0.2, 0.25) is 0 Å². The first-order valence-corrected chi connectivity index (χ1v) is 8.96. The number of aromatic amines is 1. The van der Waals surface area contributed by atoms with Crippen molar-refractivity contribution in [3.63, 3.8) is 0 Å². The number of ether oxygens (including phenoxy) is 1.